The minimum atomic E-state index is -0.727. The summed E-state index contributed by atoms with van der Waals surface area (Å²) in [6, 6.07) is 2.76. The quantitative estimate of drug-likeness (QED) is 0.558. The first-order valence-corrected chi connectivity index (χ1v) is 9.84. The Morgan fingerprint density at radius 2 is 2.03 bits per heavy atom. The van der Waals surface area contributed by atoms with Gasteiger partial charge in [0.05, 0.1) is 5.02 Å². The molecule has 3 amide bonds. The van der Waals surface area contributed by atoms with E-state index in [0.717, 1.165) is 31.8 Å². The van der Waals surface area contributed by atoms with Gasteiger partial charge in [0.2, 0.25) is 6.79 Å². The first kappa shape index (κ1) is 21.0. The molecule has 0 saturated heterocycles. The first-order chi connectivity index (χ1) is 13.9. The van der Waals surface area contributed by atoms with E-state index < -0.39 is 24.5 Å². The van der Waals surface area contributed by atoms with Gasteiger partial charge in [-0.05, 0) is 42.5 Å². The summed E-state index contributed by atoms with van der Waals surface area (Å²) >= 11 is 6.07. The van der Waals surface area contributed by atoms with E-state index in [1.807, 2.05) is 0 Å². The lowest BCUT2D eigenvalue weighted by Crippen LogP contribution is -2.48. The molecule has 8 nitrogen and oxygen atoms in total. The van der Waals surface area contributed by atoms with E-state index in [0.29, 0.717) is 28.0 Å². The normalized spacial score (nSPS) is 20.3. The third-order valence-electron chi connectivity index (χ3n) is 4.89. The van der Waals surface area contributed by atoms with Gasteiger partial charge in [-0.2, -0.15) is 0 Å². The van der Waals surface area contributed by atoms with Crippen LogP contribution in [0.3, 0.4) is 0 Å². The molecule has 0 unspecified atom stereocenters. The van der Waals surface area contributed by atoms with Crippen LogP contribution < -0.4 is 20.1 Å². The second-order valence-electron chi connectivity index (χ2n) is 7.07. The SMILES string of the molecule is C[C@@H]1CCCC[C@H]1NC(=O)NC(=O)COC(=O)/C=C/c1cc(Cl)c2c(c1)OCO2. The molecule has 1 saturated carbocycles. The number of benzene rings is 1. The zero-order valence-electron chi connectivity index (χ0n) is 16.0. The number of amides is 3. The van der Waals surface area contributed by atoms with Gasteiger partial charge in [-0.15, -0.1) is 0 Å². The molecule has 156 valence electrons. The van der Waals surface area contributed by atoms with E-state index in [1.165, 1.54) is 6.08 Å². The van der Waals surface area contributed by atoms with Gasteiger partial charge in [-0.3, -0.25) is 10.1 Å². The number of urea groups is 1. The van der Waals surface area contributed by atoms with Gasteiger partial charge in [0.1, 0.15) is 0 Å². The van der Waals surface area contributed by atoms with Gasteiger partial charge in [-0.25, -0.2) is 9.59 Å². The Morgan fingerprint density at radius 1 is 1.24 bits per heavy atom. The fraction of sp³-hybridized carbons (Fsp3) is 0.450. The van der Waals surface area contributed by atoms with Gasteiger partial charge in [0, 0.05) is 12.1 Å². The van der Waals surface area contributed by atoms with Crippen molar-refractivity contribution in [3.8, 4) is 11.5 Å². The highest BCUT2D eigenvalue weighted by Gasteiger charge is 2.23. The number of nitrogens with one attached hydrogen (secondary N) is 2. The fourth-order valence-corrected chi connectivity index (χ4v) is 3.60. The summed E-state index contributed by atoms with van der Waals surface area (Å²) in [5, 5.41) is 5.34. The molecule has 29 heavy (non-hydrogen) atoms. The number of ether oxygens (including phenoxy) is 3. The van der Waals surface area contributed by atoms with Crippen LogP contribution in [0.2, 0.25) is 5.02 Å². The largest absolute Gasteiger partial charge is 0.454 e. The van der Waals surface area contributed by atoms with Gasteiger partial charge in [0.15, 0.2) is 18.1 Å². The van der Waals surface area contributed by atoms with E-state index in [2.05, 4.69) is 17.6 Å². The maximum absolute atomic E-state index is 11.9. The summed E-state index contributed by atoms with van der Waals surface area (Å²) in [5.74, 6) is -0.0986. The molecule has 2 aliphatic rings. The minimum absolute atomic E-state index is 0.0514. The van der Waals surface area contributed by atoms with Crippen molar-refractivity contribution in [2.75, 3.05) is 13.4 Å². The number of carbonyl (C=O) groups is 3. The maximum atomic E-state index is 11.9. The smallest absolute Gasteiger partial charge is 0.331 e. The van der Waals surface area contributed by atoms with Crippen molar-refractivity contribution < 1.29 is 28.6 Å². The van der Waals surface area contributed by atoms with Crippen molar-refractivity contribution in [2.24, 2.45) is 5.92 Å². The van der Waals surface area contributed by atoms with E-state index in [-0.39, 0.29) is 12.8 Å². The molecule has 1 aliphatic carbocycles. The summed E-state index contributed by atoms with van der Waals surface area (Å²) < 4.78 is 15.3. The number of imide groups is 1. The molecule has 3 rings (SSSR count). The lowest BCUT2D eigenvalue weighted by atomic mass is 9.86. The van der Waals surface area contributed by atoms with Crippen molar-refractivity contribution in [2.45, 2.75) is 38.6 Å². The Bertz CT molecular complexity index is 825. The molecule has 1 aromatic rings. The minimum Gasteiger partial charge on any atom is -0.454 e. The average Bonchev–Trinajstić information content (AvgIpc) is 3.16. The lowest BCUT2D eigenvalue weighted by molar-refractivity contribution is -0.143. The van der Waals surface area contributed by atoms with Crippen LogP contribution >= 0.6 is 11.6 Å². The number of fused-ring (bicyclic) bond motifs is 1. The first-order valence-electron chi connectivity index (χ1n) is 9.46. The molecule has 1 fully saturated rings. The summed E-state index contributed by atoms with van der Waals surface area (Å²) in [4.78, 5) is 35.5. The van der Waals surface area contributed by atoms with E-state index in [1.54, 1.807) is 12.1 Å². The second kappa shape index (κ2) is 9.65. The molecule has 0 aromatic heterocycles. The molecule has 0 bridgehead atoms. The van der Waals surface area contributed by atoms with Crippen LogP contribution in [0.15, 0.2) is 18.2 Å². The monoisotopic (exact) mass is 422 g/mol. The molecule has 1 heterocycles. The lowest BCUT2D eigenvalue weighted by Gasteiger charge is -2.29. The Labute approximate surface area is 173 Å². The predicted molar refractivity (Wildman–Crippen MR) is 106 cm³/mol. The van der Waals surface area contributed by atoms with Crippen molar-refractivity contribution in [1.29, 1.82) is 0 Å². The van der Waals surface area contributed by atoms with E-state index >= 15 is 0 Å². The van der Waals surface area contributed by atoms with E-state index in [9.17, 15) is 14.4 Å². The Hall–Kier alpha value is -2.74. The van der Waals surface area contributed by atoms with Crippen LogP contribution in [0.1, 0.15) is 38.2 Å². The number of hydrogen-bond donors (Lipinski definition) is 2. The third kappa shape index (κ3) is 5.87. The number of halogens is 1. The zero-order valence-corrected chi connectivity index (χ0v) is 16.8. The Balaban J connectivity index is 1.42. The maximum Gasteiger partial charge on any atom is 0.331 e. The Morgan fingerprint density at radius 3 is 2.83 bits per heavy atom. The van der Waals surface area contributed by atoms with Crippen LogP contribution in [-0.4, -0.2) is 37.3 Å². The Kier molecular flexibility index (Phi) is 6.98. The van der Waals surface area contributed by atoms with Crippen LogP contribution in [0.25, 0.3) is 6.08 Å². The molecule has 9 heteroatoms. The van der Waals surface area contributed by atoms with Gasteiger partial charge < -0.3 is 19.5 Å². The fourth-order valence-electron chi connectivity index (χ4n) is 3.33. The standard InChI is InChI=1S/C20H23ClN2O6/c1-12-4-2-3-5-15(12)22-20(26)23-17(24)10-27-18(25)7-6-13-8-14(21)19-16(9-13)28-11-29-19/h6-9,12,15H,2-5,10-11H2,1H3,(H2,22,23,24,26)/b7-6+/t12-,15-/m1/s1. The number of hydrogen-bond acceptors (Lipinski definition) is 6. The van der Waals surface area contributed by atoms with Crippen molar-refractivity contribution in [3.63, 3.8) is 0 Å². The number of esters is 1. The number of rotatable bonds is 5. The zero-order chi connectivity index (χ0) is 20.8. The summed E-state index contributed by atoms with van der Waals surface area (Å²) in [5.41, 5.74) is 0.613. The molecule has 1 aromatic carbocycles. The van der Waals surface area contributed by atoms with Crippen molar-refractivity contribution >= 4 is 35.6 Å². The number of carbonyl (C=O) groups excluding carboxylic acids is 3. The van der Waals surface area contributed by atoms with Crippen LogP contribution in [-0.2, 0) is 14.3 Å². The van der Waals surface area contributed by atoms with Crippen LogP contribution in [0, 0.1) is 5.92 Å². The van der Waals surface area contributed by atoms with Gasteiger partial charge in [0.25, 0.3) is 5.91 Å². The van der Waals surface area contributed by atoms with Crippen molar-refractivity contribution in [3.05, 3.63) is 28.8 Å². The third-order valence-corrected chi connectivity index (χ3v) is 5.17. The predicted octanol–water partition coefficient (Wildman–Crippen LogP) is 3.03. The summed E-state index contributed by atoms with van der Waals surface area (Å²) in [7, 11) is 0. The molecule has 2 atom stereocenters. The topological polar surface area (TPSA) is 103 Å². The van der Waals surface area contributed by atoms with Gasteiger partial charge >= 0.3 is 12.0 Å². The molecule has 1 aliphatic heterocycles. The summed E-state index contributed by atoms with van der Waals surface area (Å²) in [6.45, 7) is 1.61. The molecule has 2 N–H and O–H groups in total. The van der Waals surface area contributed by atoms with Crippen LogP contribution in [0.5, 0.6) is 11.5 Å². The average molecular weight is 423 g/mol. The highest BCUT2D eigenvalue weighted by atomic mass is 35.5. The van der Waals surface area contributed by atoms with Crippen LogP contribution in [0.4, 0.5) is 4.79 Å². The highest BCUT2D eigenvalue weighted by molar-refractivity contribution is 6.32. The highest BCUT2D eigenvalue weighted by Crippen LogP contribution is 2.40. The summed E-state index contributed by atoms with van der Waals surface area (Å²) in [6.07, 6.45) is 6.80. The molecular weight excluding hydrogens is 400 g/mol. The second-order valence-corrected chi connectivity index (χ2v) is 7.47. The van der Waals surface area contributed by atoms with Crippen molar-refractivity contribution in [1.82, 2.24) is 10.6 Å². The molecule has 0 spiro atoms. The molecular formula is C20H23ClN2O6. The van der Waals surface area contributed by atoms with E-state index in [4.69, 9.17) is 25.8 Å². The molecule has 0 radical (unpaired) electrons. The van der Waals surface area contributed by atoms with Gasteiger partial charge in [-0.1, -0.05) is 31.4 Å².